The van der Waals surface area contributed by atoms with Crippen LogP contribution in [0.1, 0.15) is 47.1 Å². The normalized spacial score (nSPS) is 15.2. The number of fused-ring (bicyclic) bond motifs is 1. The molecular formula is C21H23NO4. The van der Waals surface area contributed by atoms with E-state index in [-0.39, 0.29) is 30.4 Å². The second-order valence-corrected chi connectivity index (χ2v) is 7.51. The SMILES string of the molecule is CC(C)(C)c1ccc(OCC(O)CN2C(=O)c3ccccc3C2=O)cc1. The number of amides is 2. The second-order valence-electron chi connectivity index (χ2n) is 7.51. The van der Waals surface area contributed by atoms with Crippen LogP contribution < -0.4 is 4.74 Å². The highest BCUT2D eigenvalue weighted by Gasteiger charge is 2.36. The highest BCUT2D eigenvalue weighted by atomic mass is 16.5. The van der Waals surface area contributed by atoms with Gasteiger partial charge in [0.1, 0.15) is 18.5 Å². The van der Waals surface area contributed by atoms with Crippen molar-refractivity contribution in [2.45, 2.75) is 32.3 Å². The predicted octanol–water partition coefficient (Wildman–Crippen LogP) is 3.02. The maximum absolute atomic E-state index is 12.3. The number of carbonyl (C=O) groups is 2. The molecule has 1 aliphatic heterocycles. The van der Waals surface area contributed by atoms with Crippen molar-refractivity contribution in [2.75, 3.05) is 13.2 Å². The molecule has 1 aliphatic rings. The van der Waals surface area contributed by atoms with E-state index in [1.807, 2.05) is 24.3 Å². The Kier molecular flexibility index (Phi) is 4.83. The van der Waals surface area contributed by atoms with Crippen LogP contribution in [0.3, 0.4) is 0 Å². The zero-order chi connectivity index (χ0) is 18.9. The van der Waals surface area contributed by atoms with Crippen LogP contribution in [0.5, 0.6) is 5.75 Å². The summed E-state index contributed by atoms with van der Waals surface area (Å²) in [5.41, 5.74) is 2.01. The average Bonchev–Trinajstić information content (AvgIpc) is 2.85. The molecule has 0 saturated carbocycles. The zero-order valence-corrected chi connectivity index (χ0v) is 15.2. The van der Waals surface area contributed by atoms with Gasteiger partial charge in [0, 0.05) is 0 Å². The molecule has 5 heteroatoms. The van der Waals surface area contributed by atoms with E-state index in [1.54, 1.807) is 24.3 Å². The summed E-state index contributed by atoms with van der Waals surface area (Å²) in [5.74, 6) is -0.113. The molecular weight excluding hydrogens is 330 g/mol. The Hall–Kier alpha value is -2.66. The minimum absolute atomic E-state index is 0.00225. The van der Waals surface area contributed by atoms with Crippen LogP contribution in [0.25, 0.3) is 0 Å². The summed E-state index contributed by atoms with van der Waals surface area (Å²) in [4.78, 5) is 25.7. The number of aliphatic hydroxyl groups is 1. The van der Waals surface area contributed by atoms with Crippen molar-refractivity contribution >= 4 is 11.8 Å². The van der Waals surface area contributed by atoms with E-state index < -0.39 is 6.10 Å². The van der Waals surface area contributed by atoms with Gasteiger partial charge in [0.15, 0.2) is 0 Å². The summed E-state index contributed by atoms with van der Waals surface area (Å²) in [7, 11) is 0. The summed E-state index contributed by atoms with van der Waals surface area (Å²) in [6, 6.07) is 14.4. The number of β-amino-alcohol motifs (C(OH)–C–C–N with tert-alkyl or cyclic N) is 1. The number of imide groups is 1. The van der Waals surface area contributed by atoms with E-state index in [4.69, 9.17) is 4.74 Å². The Morgan fingerprint density at radius 1 is 0.962 bits per heavy atom. The first-order chi connectivity index (χ1) is 12.3. The van der Waals surface area contributed by atoms with Gasteiger partial charge in [-0.05, 0) is 35.2 Å². The van der Waals surface area contributed by atoms with Crippen LogP contribution in [0.15, 0.2) is 48.5 Å². The third kappa shape index (κ3) is 3.63. The molecule has 0 radical (unpaired) electrons. The minimum atomic E-state index is -0.959. The fourth-order valence-electron chi connectivity index (χ4n) is 2.91. The summed E-state index contributed by atoms with van der Waals surface area (Å²) >= 11 is 0. The molecule has 3 rings (SSSR count). The maximum atomic E-state index is 12.3. The van der Waals surface area contributed by atoms with Crippen LogP contribution in [0.4, 0.5) is 0 Å². The Morgan fingerprint density at radius 3 is 2.00 bits per heavy atom. The van der Waals surface area contributed by atoms with E-state index >= 15 is 0 Å². The van der Waals surface area contributed by atoms with Gasteiger partial charge in [0.05, 0.1) is 17.7 Å². The number of nitrogens with zero attached hydrogens (tertiary/aromatic N) is 1. The smallest absolute Gasteiger partial charge is 0.261 e. The van der Waals surface area contributed by atoms with Crippen LogP contribution in [0.2, 0.25) is 0 Å². The number of rotatable bonds is 5. The lowest BCUT2D eigenvalue weighted by atomic mass is 9.87. The van der Waals surface area contributed by atoms with Gasteiger partial charge in [-0.2, -0.15) is 0 Å². The fourth-order valence-corrected chi connectivity index (χ4v) is 2.91. The maximum Gasteiger partial charge on any atom is 0.261 e. The predicted molar refractivity (Wildman–Crippen MR) is 98.5 cm³/mol. The molecule has 1 unspecified atom stereocenters. The Bertz CT molecular complexity index is 786. The molecule has 1 atom stereocenters. The summed E-state index contributed by atoms with van der Waals surface area (Å²) in [5, 5.41) is 10.2. The quantitative estimate of drug-likeness (QED) is 0.839. The first-order valence-corrected chi connectivity index (χ1v) is 8.64. The lowest BCUT2D eigenvalue weighted by Gasteiger charge is -2.20. The van der Waals surface area contributed by atoms with Crippen LogP contribution in [-0.2, 0) is 5.41 Å². The molecule has 1 heterocycles. The molecule has 2 amide bonds. The number of benzene rings is 2. The molecule has 0 saturated heterocycles. The van der Waals surface area contributed by atoms with Crippen LogP contribution in [-0.4, -0.2) is 41.1 Å². The number of hydrogen-bond donors (Lipinski definition) is 1. The number of carbonyl (C=O) groups excluding carboxylic acids is 2. The van der Waals surface area contributed by atoms with E-state index in [0.717, 1.165) is 4.90 Å². The van der Waals surface area contributed by atoms with Gasteiger partial charge in [0.2, 0.25) is 0 Å². The molecule has 0 bridgehead atoms. The van der Waals surface area contributed by atoms with Gasteiger partial charge in [0.25, 0.3) is 11.8 Å². The van der Waals surface area contributed by atoms with E-state index in [9.17, 15) is 14.7 Å². The highest BCUT2D eigenvalue weighted by Crippen LogP contribution is 2.25. The standard InChI is InChI=1S/C21H23NO4/c1-21(2,3)14-8-10-16(11-9-14)26-13-15(23)12-22-19(24)17-6-4-5-7-18(17)20(22)25/h4-11,15,23H,12-13H2,1-3H3. The summed E-state index contributed by atoms with van der Waals surface area (Å²) in [6.07, 6.45) is -0.959. The Balaban J connectivity index is 1.58. The van der Waals surface area contributed by atoms with Gasteiger partial charge >= 0.3 is 0 Å². The number of hydrogen-bond acceptors (Lipinski definition) is 4. The highest BCUT2D eigenvalue weighted by molar-refractivity contribution is 6.21. The van der Waals surface area contributed by atoms with E-state index in [1.165, 1.54) is 5.56 Å². The molecule has 0 aliphatic carbocycles. The molecule has 1 N–H and O–H groups in total. The largest absolute Gasteiger partial charge is 0.491 e. The Morgan fingerprint density at radius 2 is 1.50 bits per heavy atom. The van der Waals surface area contributed by atoms with Gasteiger partial charge in [-0.1, -0.05) is 45.0 Å². The van der Waals surface area contributed by atoms with Crippen molar-refractivity contribution < 1.29 is 19.4 Å². The third-order valence-electron chi connectivity index (χ3n) is 4.43. The molecule has 26 heavy (non-hydrogen) atoms. The monoisotopic (exact) mass is 353 g/mol. The molecule has 5 nitrogen and oxygen atoms in total. The van der Waals surface area contributed by atoms with Gasteiger partial charge < -0.3 is 9.84 Å². The minimum Gasteiger partial charge on any atom is -0.491 e. The Labute approximate surface area is 153 Å². The average molecular weight is 353 g/mol. The lowest BCUT2D eigenvalue weighted by Crippen LogP contribution is -2.39. The molecule has 0 aromatic heterocycles. The number of ether oxygens (including phenoxy) is 1. The molecule has 0 spiro atoms. The number of aliphatic hydroxyl groups excluding tert-OH is 1. The summed E-state index contributed by atoms with van der Waals surface area (Å²) in [6.45, 7) is 6.31. The molecule has 2 aromatic carbocycles. The van der Waals surface area contributed by atoms with Crippen molar-refractivity contribution in [3.8, 4) is 5.75 Å². The van der Waals surface area contributed by atoms with Crippen molar-refractivity contribution in [3.63, 3.8) is 0 Å². The van der Waals surface area contributed by atoms with Gasteiger partial charge in [-0.3, -0.25) is 14.5 Å². The van der Waals surface area contributed by atoms with Gasteiger partial charge in [-0.25, -0.2) is 0 Å². The van der Waals surface area contributed by atoms with E-state index in [2.05, 4.69) is 20.8 Å². The fraction of sp³-hybridized carbons (Fsp3) is 0.333. The van der Waals surface area contributed by atoms with Crippen molar-refractivity contribution in [2.24, 2.45) is 0 Å². The molecule has 2 aromatic rings. The van der Waals surface area contributed by atoms with Crippen molar-refractivity contribution in [1.29, 1.82) is 0 Å². The van der Waals surface area contributed by atoms with Crippen LogP contribution >= 0.6 is 0 Å². The first-order valence-electron chi connectivity index (χ1n) is 8.64. The zero-order valence-electron chi connectivity index (χ0n) is 15.2. The second kappa shape index (κ2) is 6.92. The van der Waals surface area contributed by atoms with Crippen LogP contribution in [0, 0.1) is 0 Å². The van der Waals surface area contributed by atoms with Gasteiger partial charge in [-0.15, -0.1) is 0 Å². The molecule has 136 valence electrons. The topological polar surface area (TPSA) is 66.8 Å². The van der Waals surface area contributed by atoms with Crippen molar-refractivity contribution in [1.82, 2.24) is 4.90 Å². The molecule has 0 fully saturated rings. The lowest BCUT2D eigenvalue weighted by molar-refractivity contribution is 0.0457. The van der Waals surface area contributed by atoms with E-state index in [0.29, 0.717) is 16.9 Å². The van der Waals surface area contributed by atoms with Crippen molar-refractivity contribution in [3.05, 3.63) is 65.2 Å². The third-order valence-corrected chi connectivity index (χ3v) is 4.43. The first kappa shape index (κ1) is 18.1. The summed E-state index contributed by atoms with van der Waals surface area (Å²) < 4.78 is 5.59.